The third-order valence-corrected chi connectivity index (χ3v) is 6.20. The molecule has 1 fully saturated rings. The van der Waals surface area contributed by atoms with Crippen molar-refractivity contribution in [2.75, 3.05) is 18.1 Å². The third kappa shape index (κ3) is 4.82. The number of hydrogen-bond acceptors (Lipinski definition) is 7. The molecule has 0 radical (unpaired) electrons. The van der Waals surface area contributed by atoms with E-state index in [1.54, 1.807) is 6.07 Å². The molecule has 196 valence electrons. The second-order valence-corrected chi connectivity index (χ2v) is 9.21. The number of hydrogen-bond donors (Lipinski definition) is 0. The van der Waals surface area contributed by atoms with Gasteiger partial charge in [-0.05, 0) is 43.7 Å². The smallest absolute Gasteiger partial charge is 0.433 e. The van der Waals surface area contributed by atoms with E-state index < -0.39 is 40.5 Å². The number of ether oxygens (including phenoxy) is 3. The average Bonchev–Trinajstić information content (AvgIpc) is 3.12. The molecule has 37 heavy (non-hydrogen) atoms. The first-order chi connectivity index (χ1) is 17.4. The fourth-order valence-corrected chi connectivity index (χ4v) is 4.37. The Bertz CT molecular complexity index is 1370. The highest BCUT2D eigenvalue weighted by molar-refractivity contribution is 5.50. The Morgan fingerprint density at radius 2 is 1.92 bits per heavy atom. The molecule has 2 atom stereocenters. The highest BCUT2D eigenvalue weighted by Crippen LogP contribution is 2.37. The predicted molar refractivity (Wildman–Crippen MR) is 120 cm³/mol. The molecule has 0 spiro atoms. The van der Waals surface area contributed by atoms with Gasteiger partial charge < -0.3 is 19.1 Å². The molecular formula is C24H21F5N4O4. The SMILES string of the molecule is C[C@H]1CN2c3cc(OCc4cc(F)c(Oc5ccc(C(F)(F)F)nc5)c(F)c4)nc(=O)n3C[C@]2(C)CO1. The summed E-state index contributed by atoms with van der Waals surface area (Å²) in [6.07, 6.45) is -3.97. The summed E-state index contributed by atoms with van der Waals surface area (Å²) in [6, 6.07) is 5.06. The zero-order chi connectivity index (χ0) is 26.5. The van der Waals surface area contributed by atoms with Gasteiger partial charge in [-0.1, -0.05) is 0 Å². The number of halogens is 5. The third-order valence-electron chi connectivity index (χ3n) is 6.20. The zero-order valence-corrected chi connectivity index (χ0v) is 19.7. The fourth-order valence-electron chi connectivity index (χ4n) is 4.37. The molecule has 1 aromatic carbocycles. The first kappa shape index (κ1) is 24.9. The summed E-state index contributed by atoms with van der Waals surface area (Å²) in [7, 11) is 0. The van der Waals surface area contributed by atoms with Crippen LogP contribution in [0.2, 0.25) is 0 Å². The molecule has 4 heterocycles. The van der Waals surface area contributed by atoms with E-state index in [9.17, 15) is 26.7 Å². The van der Waals surface area contributed by atoms with Crippen LogP contribution in [0.4, 0.5) is 27.8 Å². The maximum Gasteiger partial charge on any atom is 0.433 e. The summed E-state index contributed by atoms with van der Waals surface area (Å²) in [5.41, 5.74) is -1.99. The van der Waals surface area contributed by atoms with Crippen LogP contribution in [0.15, 0.2) is 41.3 Å². The van der Waals surface area contributed by atoms with Gasteiger partial charge >= 0.3 is 11.9 Å². The standard InChI is InChI=1S/C24H21F5N4O4/c1-13-9-33-20-7-19(31-22(34)32(20)11-23(33,2)12-36-13)35-10-14-5-16(25)21(17(26)6-14)37-15-3-4-18(30-8-15)24(27,28)29/h3-8,13H,9-12H2,1-2H3/t13-,23+/m0/s1. The van der Waals surface area contributed by atoms with Gasteiger partial charge in [0.2, 0.25) is 5.88 Å². The first-order valence-corrected chi connectivity index (χ1v) is 11.3. The minimum Gasteiger partial charge on any atom is -0.473 e. The lowest BCUT2D eigenvalue weighted by Gasteiger charge is -2.42. The van der Waals surface area contributed by atoms with Crippen LogP contribution in [0, 0.1) is 11.6 Å². The van der Waals surface area contributed by atoms with Crippen LogP contribution in [0.3, 0.4) is 0 Å². The molecule has 2 aromatic heterocycles. The van der Waals surface area contributed by atoms with Crippen molar-refractivity contribution in [2.24, 2.45) is 0 Å². The van der Waals surface area contributed by atoms with Gasteiger partial charge in [-0.15, -0.1) is 0 Å². The Morgan fingerprint density at radius 1 is 1.19 bits per heavy atom. The van der Waals surface area contributed by atoms with Crippen molar-refractivity contribution in [2.45, 2.75) is 44.8 Å². The van der Waals surface area contributed by atoms with Crippen LogP contribution in [0.1, 0.15) is 25.1 Å². The number of pyridine rings is 1. The van der Waals surface area contributed by atoms with Crippen molar-refractivity contribution < 1.29 is 36.2 Å². The molecule has 0 saturated carbocycles. The van der Waals surface area contributed by atoms with Gasteiger partial charge in [0.1, 0.15) is 23.9 Å². The molecule has 0 N–H and O–H groups in total. The van der Waals surface area contributed by atoms with Crippen molar-refractivity contribution in [1.29, 1.82) is 0 Å². The molecule has 1 saturated heterocycles. The zero-order valence-electron chi connectivity index (χ0n) is 19.7. The van der Waals surface area contributed by atoms with Crippen LogP contribution in [0.25, 0.3) is 0 Å². The van der Waals surface area contributed by atoms with E-state index in [4.69, 9.17) is 14.2 Å². The van der Waals surface area contributed by atoms with Gasteiger partial charge in [0, 0.05) is 12.6 Å². The monoisotopic (exact) mass is 524 g/mol. The summed E-state index contributed by atoms with van der Waals surface area (Å²) in [5.74, 6) is -2.66. The van der Waals surface area contributed by atoms with Crippen molar-refractivity contribution in [3.05, 3.63) is 69.9 Å². The Kier molecular flexibility index (Phi) is 6.05. The maximum atomic E-state index is 14.6. The van der Waals surface area contributed by atoms with E-state index in [1.165, 1.54) is 4.57 Å². The second-order valence-electron chi connectivity index (χ2n) is 9.21. The summed E-state index contributed by atoms with van der Waals surface area (Å²) in [5, 5.41) is 0. The number of fused-ring (bicyclic) bond motifs is 3. The van der Waals surface area contributed by atoms with E-state index in [-0.39, 0.29) is 29.9 Å². The van der Waals surface area contributed by atoms with Crippen molar-refractivity contribution >= 4 is 5.82 Å². The molecule has 0 amide bonds. The molecule has 8 nitrogen and oxygen atoms in total. The molecule has 5 rings (SSSR count). The van der Waals surface area contributed by atoms with Crippen molar-refractivity contribution in [3.63, 3.8) is 0 Å². The first-order valence-electron chi connectivity index (χ1n) is 11.3. The molecule has 13 heteroatoms. The van der Waals surface area contributed by atoms with E-state index in [0.29, 0.717) is 31.6 Å². The van der Waals surface area contributed by atoms with E-state index in [2.05, 4.69) is 14.9 Å². The molecule has 2 aliphatic heterocycles. The summed E-state index contributed by atoms with van der Waals surface area (Å²) < 4.78 is 85.0. The largest absolute Gasteiger partial charge is 0.473 e. The van der Waals surface area contributed by atoms with Crippen LogP contribution < -0.4 is 20.1 Å². The number of alkyl halides is 3. The van der Waals surface area contributed by atoms with Crippen LogP contribution in [-0.4, -0.2) is 39.3 Å². The van der Waals surface area contributed by atoms with Crippen LogP contribution >= 0.6 is 0 Å². The number of anilines is 1. The maximum absolute atomic E-state index is 14.6. The number of benzene rings is 1. The van der Waals surface area contributed by atoms with Gasteiger partial charge in [-0.25, -0.2) is 18.6 Å². The number of nitrogens with zero attached hydrogens (tertiary/aromatic N) is 4. The van der Waals surface area contributed by atoms with Crippen molar-refractivity contribution in [3.8, 4) is 17.4 Å². The van der Waals surface area contributed by atoms with Gasteiger partial charge in [0.15, 0.2) is 17.4 Å². The number of morpholine rings is 1. The normalized spacial score (nSPS) is 20.9. The summed E-state index contributed by atoms with van der Waals surface area (Å²) >= 11 is 0. The van der Waals surface area contributed by atoms with Gasteiger partial charge in [0.05, 0.1) is 31.0 Å². The second kappa shape index (κ2) is 8.98. The Balaban J connectivity index is 1.31. The Labute approximate surface area is 207 Å². The predicted octanol–water partition coefficient (Wildman–Crippen LogP) is 4.30. The highest BCUT2D eigenvalue weighted by atomic mass is 19.4. The number of rotatable bonds is 5. The molecule has 2 aliphatic rings. The average molecular weight is 524 g/mol. The van der Waals surface area contributed by atoms with Gasteiger partial charge in [-0.2, -0.15) is 18.2 Å². The van der Waals surface area contributed by atoms with Gasteiger partial charge in [-0.3, -0.25) is 4.57 Å². The van der Waals surface area contributed by atoms with Gasteiger partial charge in [0.25, 0.3) is 0 Å². The molecule has 3 aromatic rings. The Hall–Kier alpha value is -3.74. The minimum absolute atomic E-state index is 0.00313. The summed E-state index contributed by atoms with van der Waals surface area (Å²) in [6.45, 7) is 5.05. The lowest BCUT2D eigenvalue weighted by atomic mass is 10.0. The van der Waals surface area contributed by atoms with Crippen LogP contribution in [-0.2, 0) is 24.1 Å². The van der Waals surface area contributed by atoms with E-state index in [1.807, 2.05) is 13.8 Å². The van der Waals surface area contributed by atoms with Crippen LogP contribution in [0.5, 0.6) is 17.4 Å². The molecular weight excluding hydrogens is 503 g/mol. The highest BCUT2D eigenvalue weighted by Gasteiger charge is 2.45. The van der Waals surface area contributed by atoms with E-state index in [0.717, 1.165) is 24.4 Å². The lowest BCUT2D eigenvalue weighted by Crippen LogP contribution is -2.55. The molecule has 0 aliphatic carbocycles. The summed E-state index contributed by atoms with van der Waals surface area (Å²) in [4.78, 5) is 21.8. The molecule has 0 bridgehead atoms. The number of aromatic nitrogens is 3. The fraction of sp³-hybridized carbons (Fsp3) is 0.375. The quantitative estimate of drug-likeness (QED) is 0.461. The lowest BCUT2D eigenvalue weighted by molar-refractivity contribution is -0.141. The Morgan fingerprint density at radius 3 is 2.57 bits per heavy atom. The van der Waals surface area contributed by atoms with Crippen molar-refractivity contribution in [1.82, 2.24) is 14.5 Å². The minimum atomic E-state index is -4.66. The molecule has 0 unspecified atom stereocenters. The van der Waals surface area contributed by atoms with E-state index >= 15 is 0 Å². The topological polar surface area (TPSA) is 78.7 Å².